The zero-order valence-electron chi connectivity index (χ0n) is 15.7. The summed E-state index contributed by atoms with van der Waals surface area (Å²) in [6.45, 7) is 8.44. The molecule has 2 aromatic carbocycles. The molecule has 25 heavy (non-hydrogen) atoms. The summed E-state index contributed by atoms with van der Waals surface area (Å²) in [4.78, 5) is 0. The lowest BCUT2D eigenvalue weighted by Crippen LogP contribution is -2.44. The van der Waals surface area contributed by atoms with Crippen molar-refractivity contribution in [1.82, 2.24) is 0 Å². The van der Waals surface area contributed by atoms with Gasteiger partial charge in [-0.15, -0.1) is 0 Å². The summed E-state index contributed by atoms with van der Waals surface area (Å²) in [6, 6.07) is 22.5. The van der Waals surface area contributed by atoms with Crippen molar-refractivity contribution in [3.05, 3.63) is 66.2 Å². The van der Waals surface area contributed by atoms with Crippen molar-refractivity contribution >= 4 is 13.3 Å². The van der Waals surface area contributed by atoms with Crippen LogP contribution < -0.4 is 5.19 Å². The van der Waals surface area contributed by atoms with Crippen molar-refractivity contribution in [1.29, 1.82) is 0 Å². The first-order chi connectivity index (χ1) is 12.0. The van der Waals surface area contributed by atoms with Gasteiger partial charge in [-0.1, -0.05) is 78.9 Å². The van der Waals surface area contributed by atoms with Crippen molar-refractivity contribution in [3.8, 4) is 0 Å². The maximum Gasteiger partial charge on any atom is 0.0891 e. The molecular formula is C22H30O2Si. The standard InChI is InChI=1S/C22H30O2Si/c1-22(18-23-16-19-10-6-4-7-11-19)15-14-20(24-22)17-25(2,3)21-12-8-5-9-13-21/h4-13,20H,14-18H2,1-3H3/t20-,22-/m0/s1. The van der Waals surface area contributed by atoms with Crippen LogP contribution in [0.5, 0.6) is 0 Å². The minimum Gasteiger partial charge on any atom is -0.374 e. The van der Waals surface area contributed by atoms with Gasteiger partial charge in [0.2, 0.25) is 0 Å². The van der Waals surface area contributed by atoms with E-state index in [1.165, 1.54) is 16.8 Å². The zero-order valence-corrected chi connectivity index (χ0v) is 16.7. The molecule has 0 saturated carbocycles. The van der Waals surface area contributed by atoms with E-state index in [0.717, 1.165) is 12.8 Å². The SMILES string of the molecule is C[C@@]1(COCc2ccccc2)CC[C@@H](C[Si](C)(C)c2ccccc2)O1. The highest BCUT2D eigenvalue weighted by Crippen LogP contribution is 2.34. The van der Waals surface area contributed by atoms with Gasteiger partial charge in [0.25, 0.3) is 0 Å². The normalized spacial score (nSPS) is 23.7. The van der Waals surface area contributed by atoms with Crippen LogP contribution in [0.1, 0.15) is 25.3 Å². The maximum absolute atomic E-state index is 6.45. The molecule has 0 spiro atoms. The molecule has 0 radical (unpaired) electrons. The third-order valence-corrected chi connectivity index (χ3v) is 8.63. The lowest BCUT2D eigenvalue weighted by atomic mass is 10.0. The fraction of sp³-hybridized carbons (Fsp3) is 0.455. The number of hydrogen-bond acceptors (Lipinski definition) is 2. The van der Waals surface area contributed by atoms with Gasteiger partial charge in [0.1, 0.15) is 0 Å². The van der Waals surface area contributed by atoms with E-state index in [1.54, 1.807) is 0 Å². The van der Waals surface area contributed by atoms with Crippen molar-refractivity contribution in [3.63, 3.8) is 0 Å². The predicted molar refractivity (Wildman–Crippen MR) is 107 cm³/mol. The Balaban J connectivity index is 1.50. The third-order valence-electron chi connectivity index (χ3n) is 5.26. The van der Waals surface area contributed by atoms with Crippen LogP contribution in [-0.4, -0.2) is 26.4 Å². The van der Waals surface area contributed by atoms with Crippen molar-refractivity contribution in [2.24, 2.45) is 0 Å². The molecule has 1 fully saturated rings. The third kappa shape index (κ3) is 5.03. The summed E-state index contributed by atoms with van der Waals surface area (Å²) in [7, 11) is -1.46. The fourth-order valence-corrected chi connectivity index (χ4v) is 6.53. The average molecular weight is 355 g/mol. The van der Waals surface area contributed by atoms with Gasteiger partial charge in [0, 0.05) is 0 Å². The monoisotopic (exact) mass is 354 g/mol. The van der Waals surface area contributed by atoms with Gasteiger partial charge >= 0.3 is 0 Å². The number of benzene rings is 2. The Morgan fingerprint density at radius 1 is 1.04 bits per heavy atom. The first kappa shape index (κ1) is 18.4. The molecule has 0 aromatic heterocycles. The molecule has 0 bridgehead atoms. The van der Waals surface area contributed by atoms with Crippen molar-refractivity contribution < 1.29 is 9.47 Å². The van der Waals surface area contributed by atoms with Crippen molar-refractivity contribution in [2.45, 2.75) is 57.2 Å². The molecule has 1 heterocycles. The first-order valence-electron chi connectivity index (χ1n) is 9.32. The second-order valence-electron chi connectivity index (χ2n) is 8.16. The van der Waals surface area contributed by atoms with Gasteiger partial charge < -0.3 is 9.47 Å². The van der Waals surface area contributed by atoms with E-state index in [2.05, 4.69) is 74.6 Å². The minimum atomic E-state index is -1.46. The van der Waals surface area contributed by atoms with E-state index in [9.17, 15) is 0 Å². The Bertz CT molecular complexity index is 656. The molecule has 2 aromatic rings. The highest BCUT2D eigenvalue weighted by atomic mass is 28.3. The fourth-order valence-electron chi connectivity index (χ4n) is 3.77. The summed E-state index contributed by atoms with van der Waals surface area (Å²) < 4.78 is 12.4. The molecule has 0 unspecified atom stereocenters. The van der Waals surface area contributed by atoms with E-state index < -0.39 is 8.07 Å². The maximum atomic E-state index is 6.45. The molecule has 1 saturated heterocycles. The Morgan fingerprint density at radius 3 is 2.36 bits per heavy atom. The molecule has 3 heteroatoms. The number of rotatable bonds is 7. The Kier molecular flexibility index (Phi) is 5.77. The van der Waals surface area contributed by atoms with E-state index in [-0.39, 0.29) is 5.60 Å². The number of hydrogen-bond donors (Lipinski definition) is 0. The Labute approximate surface area is 153 Å². The van der Waals surface area contributed by atoms with Crippen LogP contribution in [0, 0.1) is 0 Å². The molecule has 0 N–H and O–H groups in total. The molecule has 2 nitrogen and oxygen atoms in total. The van der Waals surface area contributed by atoms with Crippen LogP contribution in [0.25, 0.3) is 0 Å². The summed E-state index contributed by atoms with van der Waals surface area (Å²) in [5, 5.41) is 1.52. The summed E-state index contributed by atoms with van der Waals surface area (Å²) >= 11 is 0. The molecule has 134 valence electrons. The average Bonchev–Trinajstić information content (AvgIpc) is 2.97. The van der Waals surface area contributed by atoms with Crippen LogP contribution in [-0.2, 0) is 16.1 Å². The van der Waals surface area contributed by atoms with Crippen molar-refractivity contribution in [2.75, 3.05) is 6.61 Å². The van der Waals surface area contributed by atoms with Gasteiger partial charge in [0.05, 0.1) is 33.0 Å². The molecule has 2 atom stereocenters. The van der Waals surface area contributed by atoms with E-state index in [0.29, 0.717) is 19.3 Å². The topological polar surface area (TPSA) is 18.5 Å². The van der Waals surface area contributed by atoms with E-state index >= 15 is 0 Å². The lowest BCUT2D eigenvalue weighted by molar-refractivity contribution is -0.0792. The van der Waals surface area contributed by atoms with Crippen LogP contribution in [0.4, 0.5) is 0 Å². The van der Waals surface area contributed by atoms with Gasteiger partial charge in [-0.3, -0.25) is 0 Å². The Morgan fingerprint density at radius 2 is 1.68 bits per heavy atom. The highest BCUT2D eigenvalue weighted by molar-refractivity contribution is 6.89. The lowest BCUT2D eigenvalue weighted by Gasteiger charge is -2.29. The van der Waals surface area contributed by atoms with Crippen LogP contribution in [0.3, 0.4) is 0 Å². The molecule has 1 aliphatic heterocycles. The molecular weight excluding hydrogens is 324 g/mol. The Hall–Kier alpha value is -1.42. The molecule has 1 aliphatic rings. The van der Waals surface area contributed by atoms with Gasteiger partial charge in [0.15, 0.2) is 0 Å². The summed E-state index contributed by atoms with van der Waals surface area (Å²) in [5.74, 6) is 0. The number of ether oxygens (including phenoxy) is 2. The second-order valence-corrected chi connectivity index (χ2v) is 12.9. The van der Waals surface area contributed by atoms with Gasteiger partial charge in [-0.2, -0.15) is 0 Å². The largest absolute Gasteiger partial charge is 0.374 e. The van der Waals surface area contributed by atoms with Gasteiger partial charge in [-0.25, -0.2) is 0 Å². The minimum absolute atomic E-state index is 0.138. The quantitative estimate of drug-likeness (QED) is 0.668. The van der Waals surface area contributed by atoms with Crippen LogP contribution in [0.2, 0.25) is 19.1 Å². The van der Waals surface area contributed by atoms with Crippen LogP contribution in [0.15, 0.2) is 60.7 Å². The summed E-state index contributed by atoms with van der Waals surface area (Å²) in [5.41, 5.74) is 1.08. The smallest absolute Gasteiger partial charge is 0.0891 e. The predicted octanol–water partition coefficient (Wildman–Crippen LogP) is 4.76. The zero-order chi connectivity index (χ0) is 17.8. The van der Waals surface area contributed by atoms with Gasteiger partial charge in [-0.05, 0) is 31.4 Å². The first-order valence-corrected chi connectivity index (χ1v) is 12.5. The van der Waals surface area contributed by atoms with E-state index in [1.807, 2.05) is 6.07 Å². The molecule has 3 rings (SSSR count). The molecule has 0 amide bonds. The van der Waals surface area contributed by atoms with Crippen LogP contribution >= 0.6 is 0 Å². The molecule has 0 aliphatic carbocycles. The second kappa shape index (κ2) is 7.86. The van der Waals surface area contributed by atoms with E-state index in [4.69, 9.17) is 9.47 Å². The highest BCUT2D eigenvalue weighted by Gasteiger charge is 2.39. The summed E-state index contributed by atoms with van der Waals surface area (Å²) in [6.07, 6.45) is 2.60.